The fourth-order valence-corrected chi connectivity index (χ4v) is 4.47. The third kappa shape index (κ3) is 5.20. The highest BCUT2D eigenvalue weighted by atomic mass is 16.7. The number of likely N-dealkylation sites (tertiary alicyclic amines) is 1. The van der Waals surface area contributed by atoms with Crippen molar-refractivity contribution in [3.8, 4) is 28.4 Å². The zero-order valence-electron chi connectivity index (χ0n) is 18.8. The van der Waals surface area contributed by atoms with Crippen molar-refractivity contribution in [1.82, 2.24) is 20.0 Å². The third-order valence-corrected chi connectivity index (χ3v) is 6.28. The van der Waals surface area contributed by atoms with E-state index in [4.69, 9.17) is 14.6 Å². The van der Waals surface area contributed by atoms with Crippen molar-refractivity contribution in [1.29, 1.82) is 0 Å². The Morgan fingerprint density at radius 2 is 1.82 bits per heavy atom. The molecule has 0 unspecified atom stereocenters. The summed E-state index contributed by atoms with van der Waals surface area (Å²) < 4.78 is 12.9. The van der Waals surface area contributed by atoms with E-state index < -0.39 is 0 Å². The molecule has 3 aromatic rings. The van der Waals surface area contributed by atoms with Crippen LogP contribution in [0, 0.1) is 0 Å². The van der Waals surface area contributed by atoms with Crippen LogP contribution in [0.2, 0.25) is 0 Å². The molecule has 1 N–H and O–H groups in total. The number of aryl methyl sites for hydroxylation is 1. The monoisotopic (exact) mass is 446 g/mol. The molecule has 0 atom stereocenters. The van der Waals surface area contributed by atoms with Gasteiger partial charge in [-0.1, -0.05) is 24.6 Å². The Kier molecular flexibility index (Phi) is 6.58. The lowest BCUT2D eigenvalue weighted by molar-refractivity contribution is -0.121. The van der Waals surface area contributed by atoms with Gasteiger partial charge in [0.2, 0.25) is 12.7 Å². The van der Waals surface area contributed by atoms with E-state index in [2.05, 4.69) is 10.2 Å². The summed E-state index contributed by atoms with van der Waals surface area (Å²) in [6.45, 7) is 4.17. The summed E-state index contributed by atoms with van der Waals surface area (Å²) in [6, 6.07) is 15.9. The number of nitrogens with zero attached hydrogens (tertiary/aromatic N) is 3. The van der Waals surface area contributed by atoms with E-state index in [1.165, 1.54) is 19.3 Å². The number of amides is 1. The molecule has 1 amide bonds. The second-order valence-electron chi connectivity index (χ2n) is 8.60. The van der Waals surface area contributed by atoms with E-state index in [9.17, 15) is 4.79 Å². The van der Waals surface area contributed by atoms with Crippen molar-refractivity contribution in [2.45, 2.75) is 32.1 Å². The molecular formula is C26H30N4O3. The van der Waals surface area contributed by atoms with Crippen molar-refractivity contribution in [2.24, 2.45) is 0 Å². The van der Waals surface area contributed by atoms with Crippen LogP contribution in [0.1, 0.15) is 31.2 Å². The summed E-state index contributed by atoms with van der Waals surface area (Å²) in [6.07, 6.45) is 6.93. The van der Waals surface area contributed by atoms with Gasteiger partial charge in [-0.15, -0.1) is 0 Å². The van der Waals surface area contributed by atoms with Crippen molar-refractivity contribution >= 4 is 5.91 Å². The number of piperidine rings is 1. The molecule has 7 heteroatoms. The van der Waals surface area contributed by atoms with Gasteiger partial charge in [-0.3, -0.25) is 4.79 Å². The van der Waals surface area contributed by atoms with Crippen LogP contribution in [0.5, 0.6) is 11.5 Å². The summed E-state index contributed by atoms with van der Waals surface area (Å²) in [4.78, 5) is 15.0. The molecule has 1 fully saturated rings. The molecule has 0 bridgehead atoms. The molecule has 2 aliphatic heterocycles. The molecule has 33 heavy (non-hydrogen) atoms. The van der Waals surface area contributed by atoms with E-state index in [1.807, 2.05) is 59.4 Å². The van der Waals surface area contributed by atoms with Gasteiger partial charge in [0.05, 0.1) is 11.4 Å². The molecule has 2 aromatic carbocycles. The minimum absolute atomic E-state index is 0.0797. The quantitative estimate of drug-likeness (QED) is 0.570. The van der Waals surface area contributed by atoms with Crippen molar-refractivity contribution in [3.63, 3.8) is 0 Å². The maximum atomic E-state index is 12.5. The molecule has 3 heterocycles. The van der Waals surface area contributed by atoms with E-state index in [0.29, 0.717) is 19.4 Å². The van der Waals surface area contributed by atoms with Gasteiger partial charge in [-0.25, -0.2) is 4.68 Å². The van der Waals surface area contributed by atoms with Crippen molar-refractivity contribution < 1.29 is 14.3 Å². The Bertz CT molecular complexity index is 1090. The Morgan fingerprint density at radius 3 is 2.67 bits per heavy atom. The first-order valence-electron chi connectivity index (χ1n) is 11.8. The Hall–Kier alpha value is -3.32. The number of ether oxygens (including phenoxy) is 2. The summed E-state index contributed by atoms with van der Waals surface area (Å²) in [5, 5.41) is 7.95. The van der Waals surface area contributed by atoms with Gasteiger partial charge in [0.15, 0.2) is 11.5 Å². The zero-order valence-corrected chi connectivity index (χ0v) is 18.8. The molecule has 0 aliphatic carbocycles. The van der Waals surface area contributed by atoms with E-state index in [0.717, 1.165) is 53.6 Å². The van der Waals surface area contributed by atoms with Crippen LogP contribution < -0.4 is 14.8 Å². The van der Waals surface area contributed by atoms with Crippen LogP contribution in [-0.4, -0.2) is 53.6 Å². The number of benzene rings is 2. The van der Waals surface area contributed by atoms with Crippen molar-refractivity contribution in [2.75, 3.05) is 33.0 Å². The highest BCUT2D eigenvalue weighted by Crippen LogP contribution is 2.36. The molecule has 2 aliphatic rings. The third-order valence-electron chi connectivity index (χ3n) is 6.28. The number of nitrogens with one attached hydrogen (secondary N) is 1. The molecule has 1 saturated heterocycles. The summed E-state index contributed by atoms with van der Waals surface area (Å²) in [5.41, 5.74) is 3.83. The first-order chi connectivity index (χ1) is 16.3. The minimum Gasteiger partial charge on any atom is -0.454 e. The Balaban J connectivity index is 1.28. The van der Waals surface area contributed by atoms with Crippen LogP contribution >= 0.6 is 0 Å². The van der Waals surface area contributed by atoms with Gasteiger partial charge < -0.3 is 19.7 Å². The number of hydrogen-bond donors (Lipinski definition) is 1. The molecular weight excluding hydrogens is 416 g/mol. The topological polar surface area (TPSA) is 68.6 Å². The molecule has 172 valence electrons. The first kappa shape index (κ1) is 21.5. The lowest BCUT2D eigenvalue weighted by atomic mass is 10.0. The zero-order chi connectivity index (χ0) is 22.5. The maximum absolute atomic E-state index is 12.5. The predicted molar refractivity (Wildman–Crippen MR) is 127 cm³/mol. The number of carbonyl (C=O) groups is 1. The molecule has 0 spiro atoms. The normalized spacial score (nSPS) is 15.5. The highest BCUT2D eigenvalue weighted by Gasteiger charge is 2.19. The van der Waals surface area contributed by atoms with Gasteiger partial charge in [0, 0.05) is 31.3 Å². The van der Waals surface area contributed by atoms with Gasteiger partial charge in [-0.2, -0.15) is 5.10 Å². The fourth-order valence-electron chi connectivity index (χ4n) is 4.47. The highest BCUT2D eigenvalue weighted by molar-refractivity contribution is 5.77. The lowest BCUT2D eigenvalue weighted by Gasteiger charge is -2.26. The number of carbonyl (C=O) groups excluding carboxylic acids is 1. The number of hydrogen-bond acceptors (Lipinski definition) is 5. The van der Waals surface area contributed by atoms with E-state index in [1.54, 1.807) is 0 Å². The van der Waals surface area contributed by atoms with Gasteiger partial charge in [0.1, 0.15) is 0 Å². The van der Waals surface area contributed by atoms with E-state index >= 15 is 0 Å². The number of aromatic nitrogens is 2. The summed E-state index contributed by atoms with van der Waals surface area (Å²) in [5.74, 6) is 1.55. The van der Waals surface area contributed by atoms with Gasteiger partial charge >= 0.3 is 0 Å². The second-order valence-corrected chi connectivity index (χ2v) is 8.60. The summed E-state index contributed by atoms with van der Waals surface area (Å²) >= 11 is 0. The van der Waals surface area contributed by atoms with Crippen LogP contribution in [0.3, 0.4) is 0 Å². The standard InChI is InChI=1S/C26H30N4O3/c31-25(27-13-16-29-14-5-2-6-15-29)12-10-21-18-30(22-7-3-1-4-8-22)28-26(21)20-9-11-23-24(17-20)33-19-32-23/h1,3-4,7-9,11,17-18H,2,5-6,10,12-16,19H2,(H,27,31). The number of fused-ring (bicyclic) bond motifs is 1. The lowest BCUT2D eigenvalue weighted by Crippen LogP contribution is -2.37. The first-order valence-corrected chi connectivity index (χ1v) is 11.8. The molecule has 0 radical (unpaired) electrons. The smallest absolute Gasteiger partial charge is 0.231 e. The van der Waals surface area contributed by atoms with Crippen LogP contribution in [-0.2, 0) is 11.2 Å². The van der Waals surface area contributed by atoms with Crippen LogP contribution in [0.25, 0.3) is 16.9 Å². The molecule has 5 rings (SSSR count). The fraction of sp³-hybridized carbons (Fsp3) is 0.385. The molecule has 1 aromatic heterocycles. The van der Waals surface area contributed by atoms with Crippen LogP contribution in [0.4, 0.5) is 0 Å². The second kappa shape index (κ2) is 10.1. The van der Waals surface area contributed by atoms with E-state index in [-0.39, 0.29) is 12.7 Å². The Labute approximate surface area is 194 Å². The summed E-state index contributed by atoms with van der Waals surface area (Å²) in [7, 11) is 0. The molecule has 0 saturated carbocycles. The van der Waals surface area contributed by atoms with Crippen molar-refractivity contribution in [3.05, 3.63) is 60.3 Å². The molecule has 7 nitrogen and oxygen atoms in total. The average molecular weight is 447 g/mol. The number of para-hydroxylation sites is 1. The predicted octanol–water partition coefficient (Wildman–Crippen LogP) is 3.80. The van der Waals surface area contributed by atoms with Gasteiger partial charge in [-0.05, 0) is 68.2 Å². The SMILES string of the molecule is O=C(CCc1cn(-c2ccccc2)nc1-c1ccc2c(c1)OCO2)NCCN1CCCCC1. The van der Waals surface area contributed by atoms with Crippen LogP contribution in [0.15, 0.2) is 54.7 Å². The average Bonchev–Trinajstić information content (AvgIpc) is 3.51. The number of rotatable bonds is 8. The largest absolute Gasteiger partial charge is 0.454 e. The maximum Gasteiger partial charge on any atom is 0.231 e. The van der Waals surface area contributed by atoms with Gasteiger partial charge in [0.25, 0.3) is 0 Å². The Morgan fingerprint density at radius 1 is 1.00 bits per heavy atom. The minimum atomic E-state index is 0.0797.